The molecule has 120 valence electrons. The molecule has 0 aromatic rings. The van der Waals surface area contributed by atoms with Crippen LogP contribution in [0.2, 0.25) is 0 Å². The van der Waals surface area contributed by atoms with Crippen molar-refractivity contribution in [1.82, 2.24) is 10.6 Å². The number of amides is 3. The smallest absolute Gasteiger partial charge is 0.321 e. The van der Waals surface area contributed by atoms with Crippen LogP contribution in [0.4, 0.5) is 4.79 Å². The van der Waals surface area contributed by atoms with E-state index in [1.165, 1.54) is 0 Å². The second-order valence-electron chi connectivity index (χ2n) is 6.95. The van der Waals surface area contributed by atoms with Gasteiger partial charge in [0.05, 0.1) is 6.42 Å². The maximum atomic E-state index is 11.8. The van der Waals surface area contributed by atoms with Gasteiger partial charge in [-0.25, -0.2) is 4.79 Å². The normalized spacial score (nSPS) is 25.4. The fourth-order valence-corrected chi connectivity index (χ4v) is 2.85. The number of aliphatic carboxylic acids is 1. The first kappa shape index (κ1) is 17.5. The lowest BCUT2D eigenvalue weighted by Crippen LogP contribution is -2.46. The third kappa shape index (κ3) is 5.73. The molecule has 3 unspecified atom stereocenters. The van der Waals surface area contributed by atoms with E-state index in [0.717, 1.165) is 12.8 Å². The molecule has 0 heterocycles. The van der Waals surface area contributed by atoms with Crippen LogP contribution in [0.1, 0.15) is 53.4 Å². The van der Waals surface area contributed by atoms with E-state index < -0.39 is 23.3 Å². The van der Waals surface area contributed by atoms with Gasteiger partial charge in [-0.1, -0.05) is 27.7 Å². The highest BCUT2D eigenvalue weighted by atomic mass is 16.4. The summed E-state index contributed by atoms with van der Waals surface area (Å²) in [4.78, 5) is 34.3. The van der Waals surface area contributed by atoms with Crippen LogP contribution in [0, 0.1) is 17.3 Å². The maximum absolute atomic E-state index is 11.8. The zero-order valence-corrected chi connectivity index (χ0v) is 13.2. The summed E-state index contributed by atoms with van der Waals surface area (Å²) in [5, 5.41) is 13.9. The summed E-state index contributed by atoms with van der Waals surface area (Å²) in [6, 6.07) is -0.392. The molecule has 0 radical (unpaired) electrons. The highest BCUT2D eigenvalue weighted by Gasteiger charge is 2.31. The van der Waals surface area contributed by atoms with E-state index in [0.29, 0.717) is 11.8 Å². The Hall–Kier alpha value is -1.59. The molecule has 6 heteroatoms. The molecule has 3 amide bonds. The van der Waals surface area contributed by atoms with E-state index in [4.69, 9.17) is 5.11 Å². The Balaban J connectivity index is 2.41. The first-order valence-corrected chi connectivity index (χ1v) is 7.43. The van der Waals surface area contributed by atoms with E-state index in [9.17, 15) is 14.4 Å². The van der Waals surface area contributed by atoms with Crippen molar-refractivity contribution >= 4 is 17.9 Å². The van der Waals surface area contributed by atoms with Crippen LogP contribution in [0.3, 0.4) is 0 Å². The van der Waals surface area contributed by atoms with Crippen molar-refractivity contribution < 1.29 is 19.5 Å². The lowest BCUT2D eigenvalue weighted by Gasteiger charge is -2.22. The number of hydrogen-bond acceptors (Lipinski definition) is 3. The number of carbonyl (C=O) groups is 3. The van der Waals surface area contributed by atoms with Gasteiger partial charge in [0.2, 0.25) is 5.91 Å². The second kappa shape index (κ2) is 6.91. The van der Waals surface area contributed by atoms with Crippen molar-refractivity contribution in [1.29, 1.82) is 0 Å². The summed E-state index contributed by atoms with van der Waals surface area (Å²) >= 11 is 0. The summed E-state index contributed by atoms with van der Waals surface area (Å²) < 4.78 is 0. The van der Waals surface area contributed by atoms with Crippen LogP contribution in [-0.4, -0.2) is 29.1 Å². The Kier molecular flexibility index (Phi) is 5.75. The molecule has 3 N–H and O–H groups in total. The lowest BCUT2D eigenvalue weighted by molar-refractivity contribution is -0.139. The molecule has 1 rings (SSSR count). The van der Waals surface area contributed by atoms with Crippen LogP contribution < -0.4 is 10.6 Å². The van der Waals surface area contributed by atoms with Crippen molar-refractivity contribution in [2.24, 2.45) is 17.3 Å². The Morgan fingerprint density at radius 2 is 1.76 bits per heavy atom. The van der Waals surface area contributed by atoms with Crippen molar-refractivity contribution in [3.63, 3.8) is 0 Å². The van der Waals surface area contributed by atoms with E-state index in [1.54, 1.807) is 13.8 Å². The molecule has 1 fully saturated rings. The van der Waals surface area contributed by atoms with Crippen molar-refractivity contribution in [2.75, 3.05) is 0 Å². The average Bonchev–Trinajstić information content (AvgIpc) is 2.57. The summed E-state index contributed by atoms with van der Waals surface area (Å²) in [7, 11) is 0. The minimum absolute atomic E-state index is 0.00332. The highest BCUT2D eigenvalue weighted by molar-refractivity contribution is 5.94. The molecule has 0 saturated heterocycles. The monoisotopic (exact) mass is 298 g/mol. The Morgan fingerprint density at radius 1 is 1.14 bits per heavy atom. The summed E-state index contributed by atoms with van der Waals surface area (Å²) in [6.45, 7) is 7.64. The Morgan fingerprint density at radius 3 is 2.24 bits per heavy atom. The van der Waals surface area contributed by atoms with E-state index >= 15 is 0 Å². The minimum atomic E-state index is -0.953. The number of urea groups is 1. The fraction of sp³-hybridized carbons (Fsp3) is 0.800. The first-order valence-electron chi connectivity index (χ1n) is 7.43. The molecular formula is C15H26N2O4. The number of rotatable bonds is 5. The van der Waals surface area contributed by atoms with Gasteiger partial charge in [0.25, 0.3) is 0 Å². The van der Waals surface area contributed by atoms with Gasteiger partial charge in [0.1, 0.15) is 0 Å². The lowest BCUT2D eigenvalue weighted by atomic mass is 9.85. The molecule has 0 aliphatic heterocycles. The third-order valence-electron chi connectivity index (χ3n) is 4.30. The number of carboxylic acid groups (broad SMARTS) is 1. The molecule has 0 bridgehead atoms. The van der Waals surface area contributed by atoms with Gasteiger partial charge in [-0.2, -0.15) is 0 Å². The van der Waals surface area contributed by atoms with Crippen LogP contribution in [0.5, 0.6) is 0 Å². The molecular weight excluding hydrogens is 272 g/mol. The summed E-state index contributed by atoms with van der Waals surface area (Å²) in [5.74, 6) is -0.432. The van der Waals surface area contributed by atoms with Crippen molar-refractivity contribution in [3.05, 3.63) is 0 Å². The molecule has 0 spiro atoms. The fourth-order valence-electron chi connectivity index (χ4n) is 2.85. The molecule has 3 atom stereocenters. The first-order chi connectivity index (χ1) is 9.60. The number of nitrogens with one attached hydrogen (secondary N) is 2. The highest BCUT2D eigenvalue weighted by Crippen LogP contribution is 2.31. The van der Waals surface area contributed by atoms with Crippen molar-refractivity contribution in [3.8, 4) is 0 Å². The number of hydrogen-bond donors (Lipinski definition) is 3. The van der Waals surface area contributed by atoms with Crippen LogP contribution in [-0.2, 0) is 9.59 Å². The van der Waals surface area contributed by atoms with Gasteiger partial charge < -0.3 is 10.4 Å². The quantitative estimate of drug-likeness (QED) is 0.724. The van der Waals surface area contributed by atoms with E-state index in [1.807, 2.05) is 0 Å². The minimum Gasteiger partial charge on any atom is -0.481 e. The zero-order chi connectivity index (χ0) is 16.2. The third-order valence-corrected chi connectivity index (χ3v) is 4.30. The number of carbonyl (C=O) groups excluding carboxylic acids is 2. The second-order valence-corrected chi connectivity index (χ2v) is 6.95. The summed E-state index contributed by atoms with van der Waals surface area (Å²) in [6.07, 6.45) is 1.89. The molecule has 6 nitrogen and oxygen atoms in total. The average molecular weight is 298 g/mol. The van der Waals surface area contributed by atoms with Gasteiger partial charge in [-0.3, -0.25) is 14.9 Å². The van der Waals surface area contributed by atoms with Gasteiger partial charge in [0, 0.05) is 12.5 Å². The Labute approximate surface area is 125 Å². The zero-order valence-electron chi connectivity index (χ0n) is 13.2. The molecule has 1 aliphatic carbocycles. The van der Waals surface area contributed by atoms with Crippen LogP contribution in [0.15, 0.2) is 0 Å². The number of imide groups is 1. The predicted octanol–water partition coefficient (Wildman–Crippen LogP) is 2.14. The molecule has 0 aromatic heterocycles. The molecule has 21 heavy (non-hydrogen) atoms. The van der Waals surface area contributed by atoms with Crippen molar-refractivity contribution in [2.45, 2.75) is 59.4 Å². The largest absolute Gasteiger partial charge is 0.481 e. The topological polar surface area (TPSA) is 95.5 Å². The molecule has 1 saturated carbocycles. The molecule has 1 aliphatic rings. The SMILES string of the molecule is CC1CCC(NC(=O)NC(=O)CC(C)(C)CC(=O)O)C1C. The van der Waals surface area contributed by atoms with E-state index in [-0.39, 0.29) is 18.9 Å². The van der Waals surface area contributed by atoms with Crippen LogP contribution >= 0.6 is 0 Å². The summed E-state index contributed by atoms with van der Waals surface area (Å²) in [5.41, 5.74) is -0.675. The van der Waals surface area contributed by atoms with E-state index in [2.05, 4.69) is 24.5 Å². The number of carboxylic acids is 1. The van der Waals surface area contributed by atoms with Gasteiger partial charge in [-0.05, 0) is 30.1 Å². The standard InChI is InChI=1S/C15H26N2O4/c1-9-5-6-11(10(9)2)16-14(21)17-12(18)7-15(3,4)8-13(19)20/h9-11H,5-8H2,1-4H3,(H,19,20)(H2,16,17,18,21). The van der Waals surface area contributed by atoms with Gasteiger partial charge >= 0.3 is 12.0 Å². The van der Waals surface area contributed by atoms with Gasteiger partial charge in [0.15, 0.2) is 0 Å². The van der Waals surface area contributed by atoms with Gasteiger partial charge in [-0.15, -0.1) is 0 Å². The van der Waals surface area contributed by atoms with Crippen LogP contribution in [0.25, 0.3) is 0 Å². The predicted molar refractivity (Wildman–Crippen MR) is 78.7 cm³/mol. The molecule has 0 aromatic carbocycles. The maximum Gasteiger partial charge on any atom is 0.321 e. The Bertz CT molecular complexity index is 420.